The van der Waals surface area contributed by atoms with Crippen LogP contribution in [0.5, 0.6) is 0 Å². The lowest BCUT2D eigenvalue weighted by Crippen LogP contribution is -2.52. The Labute approximate surface area is 213 Å². The van der Waals surface area contributed by atoms with Gasteiger partial charge in [-0.2, -0.15) is 0 Å². The predicted octanol–water partition coefficient (Wildman–Crippen LogP) is 4.46. The minimum Gasteiger partial charge on any atom is -0.352 e. The number of halogens is 3. The van der Waals surface area contributed by atoms with Crippen molar-refractivity contribution in [1.82, 2.24) is 10.2 Å². The lowest BCUT2D eigenvalue weighted by molar-refractivity contribution is -0.139. The van der Waals surface area contributed by atoms with Crippen LogP contribution in [0.4, 0.5) is 5.69 Å². The quantitative estimate of drug-likeness (QED) is 0.476. The number of benzene rings is 2. The van der Waals surface area contributed by atoms with Gasteiger partial charge in [-0.25, -0.2) is 8.42 Å². The molecule has 0 spiro atoms. The smallest absolute Gasteiger partial charge is 0.244 e. The van der Waals surface area contributed by atoms with Crippen LogP contribution >= 0.6 is 39.1 Å². The summed E-state index contributed by atoms with van der Waals surface area (Å²) in [5, 5.41) is 3.22. The topological polar surface area (TPSA) is 86.8 Å². The normalized spacial score (nSPS) is 12.4. The van der Waals surface area contributed by atoms with Crippen molar-refractivity contribution >= 4 is 66.7 Å². The third kappa shape index (κ3) is 7.88. The van der Waals surface area contributed by atoms with E-state index in [-0.39, 0.29) is 29.2 Å². The van der Waals surface area contributed by atoms with Crippen molar-refractivity contribution < 1.29 is 18.0 Å². The SMILES string of the molecule is CC(C)NC(=O)[C@H](C)N(Cc1ccc(Br)cc1)C(=O)CN(c1ccc(Cl)cc1Cl)S(C)(=O)=O. The van der Waals surface area contributed by atoms with Crippen LogP contribution in [0.15, 0.2) is 46.9 Å². The maximum Gasteiger partial charge on any atom is 0.244 e. The van der Waals surface area contributed by atoms with Crippen LogP contribution in [0, 0.1) is 0 Å². The van der Waals surface area contributed by atoms with E-state index in [4.69, 9.17) is 23.2 Å². The van der Waals surface area contributed by atoms with Crippen LogP contribution in [-0.4, -0.2) is 50.0 Å². The van der Waals surface area contributed by atoms with Crippen molar-refractivity contribution in [3.8, 4) is 0 Å². The van der Waals surface area contributed by atoms with Gasteiger partial charge in [-0.1, -0.05) is 51.3 Å². The van der Waals surface area contributed by atoms with E-state index in [0.717, 1.165) is 20.6 Å². The second kappa shape index (κ2) is 11.6. The second-order valence-corrected chi connectivity index (χ2v) is 11.5. The lowest BCUT2D eigenvalue weighted by Gasteiger charge is -2.32. The lowest BCUT2D eigenvalue weighted by atomic mass is 10.1. The van der Waals surface area contributed by atoms with Crippen LogP contribution in [0.1, 0.15) is 26.3 Å². The summed E-state index contributed by atoms with van der Waals surface area (Å²) in [6.07, 6.45) is 0.985. The zero-order chi connectivity index (χ0) is 24.9. The zero-order valence-electron chi connectivity index (χ0n) is 18.7. The Hall–Kier alpha value is -1.81. The van der Waals surface area contributed by atoms with Gasteiger partial charge in [0.1, 0.15) is 12.6 Å². The van der Waals surface area contributed by atoms with E-state index in [9.17, 15) is 18.0 Å². The third-order valence-electron chi connectivity index (χ3n) is 4.72. The van der Waals surface area contributed by atoms with Crippen LogP contribution in [0.2, 0.25) is 10.0 Å². The molecule has 1 atom stereocenters. The van der Waals surface area contributed by atoms with Gasteiger partial charge in [0, 0.05) is 22.1 Å². The van der Waals surface area contributed by atoms with Crippen LogP contribution in [-0.2, 0) is 26.2 Å². The molecule has 0 aromatic heterocycles. The number of rotatable bonds is 9. The van der Waals surface area contributed by atoms with E-state index < -0.39 is 28.5 Å². The number of nitrogens with one attached hydrogen (secondary N) is 1. The molecule has 0 heterocycles. The summed E-state index contributed by atoms with van der Waals surface area (Å²) < 4.78 is 26.9. The summed E-state index contributed by atoms with van der Waals surface area (Å²) in [7, 11) is -3.87. The summed E-state index contributed by atoms with van der Waals surface area (Å²) in [6, 6.07) is 10.7. The standard InChI is InChI=1S/C22H26BrCl2N3O4S/c1-14(2)26-22(30)15(3)27(12-16-5-7-17(23)8-6-16)21(29)13-28(33(4,31)32)20-10-9-18(24)11-19(20)25/h5-11,14-15H,12-13H2,1-4H3,(H,26,30)/t15-/m0/s1. The molecular weight excluding hydrogens is 553 g/mol. The van der Waals surface area contributed by atoms with Crippen LogP contribution in [0.25, 0.3) is 0 Å². The van der Waals surface area contributed by atoms with Crippen molar-refractivity contribution in [2.24, 2.45) is 0 Å². The average Bonchev–Trinajstić information content (AvgIpc) is 2.70. The molecule has 0 aliphatic heterocycles. The first-order chi connectivity index (χ1) is 15.3. The number of hydrogen-bond donors (Lipinski definition) is 1. The Morgan fingerprint density at radius 2 is 1.67 bits per heavy atom. The monoisotopic (exact) mass is 577 g/mol. The highest BCUT2D eigenvalue weighted by Crippen LogP contribution is 2.30. The Bertz CT molecular complexity index is 1110. The van der Waals surface area contributed by atoms with E-state index >= 15 is 0 Å². The number of nitrogens with zero attached hydrogens (tertiary/aromatic N) is 2. The first-order valence-corrected chi connectivity index (χ1v) is 13.5. The van der Waals surface area contributed by atoms with Crippen molar-refractivity contribution in [3.05, 3.63) is 62.5 Å². The Morgan fingerprint density at radius 1 is 1.06 bits per heavy atom. The molecule has 11 heteroatoms. The molecule has 0 aliphatic carbocycles. The van der Waals surface area contributed by atoms with Gasteiger partial charge in [-0.3, -0.25) is 13.9 Å². The van der Waals surface area contributed by atoms with E-state index in [0.29, 0.717) is 5.02 Å². The first-order valence-electron chi connectivity index (χ1n) is 10.1. The van der Waals surface area contributed by atoms with Gasteiger partial charge in [0.2, 0.25) is 21.8 Å². The number of carbonyl (C=O) groups is 2. The van der Waals surface area contributed by atoms with Gasteiger partial charge >= 0.3 is 0 Å². The summed E-state index contributed by atoms with van der Waals surface area (Å²) >= 11 is 15.5. The van der Waals surface area contributed by atoms with Gasteiger partial charge < -0.3 is 10.2 Å². The fourth-order valence-corrected chi connectivity index (χ4v) is 4.74. The molecule has 180 valence electrons. The Morgan fingerprint density at radius 3 is 2.18 bits per heavy atom. The number of anilines is 1. The van der Waals surface area contributed by atoms with Gasteiger partial charge in [0.15, 0.2) is 0 Å². The minimum absolute atomic E-state index is 0.0887. The number of hydrogen-bond acceptors (Lipinski definition) is 4. The summed E-state index contributed by atoms with van der Waals surface area (Å²) in [6.45, 7) is 4.83. The highest BCUT2D eigenvalue weighted by Gasteiger charge is 2.31. The van der Waals surface area contributed by atoms with Gasteiger partial charge in [-0.05, 0) is 56.7 Å². The Balaban J connectivity index is 2.41. The summed E-state index contributed by atoms with van der Waals surface area (Å²) in [5.41, 5.74) is 0.908. The molecule has 0 bridgehead atoms. The molecule has 0 unspecified atom stereocenters. The molecule has 0 aliphatic rings. The molecule has 2 aromatic rings. The molecule has 7 nitrogen and oxygen atoms in total. The number of sulfonamides is 1. The van der Waals surface area contributed by atoms with Gasteiger partial charge in [0.25, 0.3) is 0 Å². The molecule has 1 N–H and O–H groups in total. The van der Waals surface area contributed by atoms with E-state index in [1.165, 1.54) is 23.1 Å². The molecule has 2 amide bonds. The van der Waals surface area contributed by atoms with Crippen molar-refractivity contribution in [2.45, 2.75) is 39.4 Å². The molecule has 2 rings (SSSR count). The molecular formula is C22H26BrCl2N3O4S. The second-order valence-electron chi connectivity index (χ2n) is 7.85. The summed E-state index contributed by atoms with van der Waals surface area (Å²) in [4.78, 5) is 27.5. The fourth-order valence-electron chi connectivity index (χ4n) is 3.05. The molecule has 33 heavy (non-hydrogen) atoms. The average molecular weight is 579 g/mol. The van der Waals surface area contributed by atoms with E-state index in [1.807, 2.05) is 38.1 Å². The zero-order valence-corrected chi connectivity index (χ0v) is 22.6. The van der Waals surface area contributed by atoms with Crippen molar-refractivity contribution in [1.29, 1.82) is 0 Å². The van der Waals surface area contributed by atoms with Gasteiger partial charge in [-0.15, -0.1) is 0 Å². The number of carbonyl (C=O) groups excluding carboxylic acids is 2. The molecule has 2 aromatic carbocycles. The molecule has 0 radical (unpaired) electrons. The summed E-state index contributed by atoms with van der Waals surface area (Å²) in [5.74, 6) is -0.897. The highest BCUT2D eigenvalue weighted by molar-refractivity contribution is 9.10. The fraction of sp³-hybridized carbons (Fsp3) is 0.364. The first kappa shape index (κ1) is 27.4. The van der Waals surface area contributed by atoms with E-state index in [1.54, 1.807) is 6.92 Å². The third-order valence-corrected chi connectivity index (χ3v) is 6.91. The van der Waals surface area contributed by atoms with Crippen LogP contribution < -0.4 is 9.62 Å². The van der Waals surface area contributed by atoms with Gasteiger partial charge in [0.05, 0.1) is 17.0 Å². The maximum atomic E-state index is 13.4. The highest BCUT2D eigenvalue weighted by atomic mass is 79.9. The molecule has 0 saturated heterocycles. The minimum atomic E-state index is -3.87. The van der Waals surface area contributed by atoms with E-state index in [2.05, 4.69) is 21.2 Å². The number of amides is 2. The predicted molar refractivity (Wildman–Crippen MR) is 136 cm³/mol. The van der Waals surface area contributed by atoms with Crippen LogP contribution in [0.3, 0.4) is 0 Å². The molecule has 0 saturated carbocycles. The largest absolute Gasteiger partial charge is 0.352 e. The van der Waals surface area contributed by atoms with Crippen molar-refractivity contribution in [3.63, 3.8) is 0 Å². The molecule has 0 fully saturated rings. The van der Waals surface area contributed by atoms with Crippen molar-refractivity contribution in [2.75, 3.05) is 17.1 Å². The Kier molecular flexibility index (Phi) is 9.60. The maximum absolute atomic E-state index is 13.4.